The molecule has 7 rings (SSSR count). The predicted octanol–water partition coefficient (Wildman–Crippen LogP) is 11.0. The first-order valence-electron chi connectivity index (χ1n) is 16.5. The zero-order chi connectivity index (χ0) is 32.8. The number of aromatic nitrogens is 4. The SMILES string of the molecule is CCC(C)c1ccc2c(c1)c1ccc(Oc3[c-]c(-n4nc(C)c(-c5ccccc5)c4C)cc(C(C)C)c3)[c-]c1n2-c1cc(C)ccn1.[Pt+2]. The van der Waals surface area contributed by atoms with Crippen LogP contribution in [-0.4, -0.2) is 19.3 Å². The van der Waals surface area contributed by atoms with Gasteiger partial charge in [0.15, 0.2) is 0 Å². The third kappa shape index (κ3) is 6.13. The molecule has 0 aliphatic carbocycles. The Bertz CT molecular complexity index is 2250. The number of ether oxygens (including phenoxy) is 1. The maximum atomic E-state index is 6.60. The molecule has 3 heterocycles. The summed E-state index contributed by atoms with van der Waals surface area (Å²) in [6.45, 7) is 15.2. The van der Waals surface area contributed by atoms with E-state index < -0.39 is 0 Å². The quantitative estimate of drug-likeness (QED) is 0.144. The van der Waals surface area contributed by atoms with E-state index in [0.29, 0.717) is 17.4 Å². The molecule has 0 amide bonds. The van der Waals surface area contributed by atoms with Crippen molar-refractivity contribution < 1.29 is 25.8 Å². The van der Waals surface area contributed by atoms with E-state index in [-0.39, 0.29) is 27.0 Å². The summed E-state index contributed by atoms with van der Waals surface area (Å²) in [6, 6.07) is 36.9. The maximum Gasteiger partial charge on any atom is 2.00 e. The summed E-state index contributed by atoms with van der Waals surface area (Å²) in [7, 11) is 0. The van der Waals surface area contributed by atoms with Crippen molar-refractivity contribution in [3.05, 3.63) is 131 Å². The molecule has 0 spiro atoms. The molecule has 0 saturated heterocycles. The number of benzene rings is 4. The molecule has 0 aliphatic heterocycles. The number of aryl methyl sites for hydroxylation is 2. The molecule has 5 nitrogen and oxygen atoms in total. The van der Waals surface area contributed by atoms with Crippen molar-refractivity contribution in [2.24, 2.45) is 0 Å². The zero-order valence-electron chi connectivity index (χ0n) is 28.5. The fraction of sp³-hybridized carbons (Fsp3) is 0.238. The van der Waals surface area contributed by atoms with E-state index >= 15 is 0 Å². The Labute approximate surface area is 297 Å². The van der Waals surface area contributed by atoms with Gasteiger partial charge in [0.2, 0.25) is 0 Å². The summed E-state index contributed by atoms with van der Waals surface area (Å²) < 4.78 is 10.8. The standard InChI is InChI=1S/C42H40N4O.Pt/c1-8-28(5)32-14-17-39-38(23-32)37-16-15-35(25-40(37)45(39)41-20-27(4)18-19-43-41)47-36-22-33(26(2)3)21-34(24-36)46-30(7)42(29(6)44-46)31-12-10-9-11-13-31;/h9-23,26,28H,8H2,1-7H3;/q-2;+2. The smallest absolute Gasteiger partial charge is 0.509 e. The second-order valence-corrected chi connectivity index (χ2v) is 12.9. The van der Waals surface area contributed by atoms with Crippen LogP contribution in [0.4, 0.5) is 0 Å². The summed E-state index contributed by atoms with van der Waals surface area (Å²) in [6.07, 6.45) is 2.96. The van der Waals surface area contributed by atoms with E-state index in [1.54, 1.807) is 0 Å². The number of hydrogen-bond donors (Lipinski definition) is 0. The minimum atomic E-state index is 0. The minimum absolute atomic E-state index is 0. The van der Waals surface area contributed by atoms with Crippen LogP contribution in [0.1, 0.15) is 74.0 Å². The molecular formula is C42H40N4OPt. The van der Waals surface area contributed by atoms with Gasteiger partial charge in [-0.1, -0.05) is 75.7 Å². The van der Waals surface area contributed by atoms with Gasteiger partial charge in [-0.25, -0.2) is 4.98 Å². The summed E-state index contributed by atoms with van der Waals surface area (Å²) in [5.41, 5.74) is 10.9. The molecule has 0 saturated carbocycles. The molecule has 6 heteroatoms. The average Bonchev–Trinajstić information content (AvgIpc) is 3.56. The topological polar surface area (TPSA) is 44.9 Å². The maximum absolute atomic E-state index is 6.60. The molecule has 4 aromatic carbocycles. The Morgan fingerprint density at radius 2 is 1.58 bits per heavy atom. The van der Waals surface area contributed by atoms with Gasteiger partial charge >= 0.3 is 21.1 Å². The van der Waals surface area contributed by atoms with Crippen molar-refractivity contribution in [2.75, 3.05) is 0 Å². The van der Waals surface area contributed by atoms with Crippen LogP contribution in [0.2, 0.25) is 0 Å². The van der Waals surface area contributed by atoms with Crippen LogP contribution < -0.4 is 4.74 Å². The van der Waals surface area contributed by atoms with Crippen molar-refractivity contribution in [2.45, 2.75) is 66.7 Å². The van der Waals surface area contributed by atoms with Gasteiger partial charge in [-0.15, -0.1) is 41.3 Å². The van der Waals surface area contributed by atoms with Gasteiger partial charge in [0.1, 0.15) is 5.82 Å². The van der Waals surface area contributed by atoms with Gasteiger partial charge in [0, 0.05) is 34.5 Å². The van der Waals surface area contributed by atoms with Crippen LogP contribution in [0.15, 0.2) is 91.1 Å². The second kappa shape index (κ2) is 13.6. The number of rotatable bonds is 8. The third-order valence-electron chi connectivity index (χ3n) is 9.31. The molecule has 1 atom stereocenters. The van der Waals surface area contributed by atoms with Gasteiger partial charge in [-0.05, 0) is 85.0 Å². The van der Waals surface area contributed by atoms with Gasteiger partial charge in [-0.2, -0.15) is 11.2 Å². The van der Waals surface area contributed by atoms with E-state index in [2.05, 4.69) is 132 Å². The first-order valence-corrected chi connectivity index (χ1v) is 16.5. The van der Waals surface area contributed by atoms with E-state index in [0.717, 1.165) is 68.0 Å². The summed E-state index contributed by atoms with van der Waals surface area (Å²) in [5.74, 6) is 2.88. The summed E-state index contributed by atoms with van der Waals surface area (Å²) in [5, 5.41) is 7.28. The van der Waals surface area contributed by atoms with Crippen molar-refractivity contribution in [1.29, 1.82) is 0 Å². The number of nitrogens with zero attached hydrogens (tertiary/aromatic N) is 4. The summed E-state index contributed by atoms with van der Waals surface area (Å²) in [4.78, 5) is 4.77. The van der Waals surface area contributed by atoms with Gasteiger partial charge < -0.3 is 9.30 Å². The van der Waals surface area contributed by atoms with E-state index in [1.165, 1.54) is 10.9 Å². The van der Waals surface area contributed by atoms with Crippen LogP contribution in [0.5, 0.6) is 11.5 Å². The van der Waals surface area contributed by atoms with E-state index in [9.17, 15) is 0 Å². The molecule has 244 valence electrons. The van der Waals surface area contributed by atoms with Crippen LogP contribution >= 0.6 is 0 Å². The van der Waals surface area contributed by atoms with E-state index in [1.807, 2.05) is 29.1 Å². The molecule has 0 bridgehead atoms. The summed E-state index contributed by atoms with van der Waals surface area (Å²) >= 11 is 0. The van der Waals surface area contributed by atoms with Crippen LogP contribution in [-0.2, 0) is 21.1 Å². The van der Waals surface area contributed by atoms with Gasteiger partial charge in [-0.3, -0.25) is 4.68 Å². The van der Waals surface area contributed by atoms with E-state index in [4.69, 9.17) is 14.8 Å². The zero-order valence-corrected chi connectivity index (χ0v) is 30.8. The average molecular weight is 812 g/mol. The normalized spacial score (nSPS) is 12.1. The molecular weight excluding hydrogens is 772 g/mol. The second-order valence-electron chi connectivity index (χ2n) is 12.9. The Kier molecular flexibility index (Phi) is 9.45. The van der Waals surface area contributed by atoms with Crippen molar-refractivity contribution in [3.8, 4) is 34.1 Å². The number of hydrogen-bond acceptors (Lipinski definition) is 3. The van der Waals surface area contributed by atoms with Crippen LogP contribution in [0, 0.1) is 32.9 Å². The monoisotopic (exact) mass is 811 g/mol. The Balaban J connectivity index is 0.00000401. The molecule has 0 radical (unpaired) electrons. The van der Waals surface area contributed by atoms with Crippen molar-refractivity contribution in [1.82, 2.24) is 19.3 Å². The fourth-order valence-corrected chi connectivity index (χ4v) is 6.49. The first kappa shape index (κ1) is 33.4. The van der Waals surface area contributed by atoms with Crippen LogP contribution in [0.25, 0.3) is 44.4 Å². The first-order chi connectivity index (χ1) is 22.7. The molecule has 0 fully saturated rings. The Morgan fingerprint density at radius 3 is 2.31 bits per heavy atom. The largest absolute Gasteiger partial charge is 2.00 e. The molecule has 0 aliphatic rings. The third-order valence-corrected chi connectivity index (χ3v) is 9.31. The molecule has 48 heavy (non-hydrogen) atoms. The number of pyridine rings is 1. The predicted molar refractivity (Wildman–Crippen MR) is 192 cm³/mol. The molecule has 7 aromatic rings. The molecule has 0 N–H and O–H groups in total. The molecule has 1 unspecified atom stereocenters. The van der Waals surface area contributed by atoms with Gasteiger partial charge in [0.05, 0.1) is 5.69 Å². The minimum Gasteiger partial charge on any atom is -0.509 e. The van der Waals surface area contributed by atoms with Crippen molar-refractivity contribution >= 4 is 21.8 Å². The van der Waals surface area contributed by atoms with Gasteiger partial charge in [0.25, 0.3) is 0 Å². The number of fused-ring (bicyclic) bond motifs is 3. The molecule has 3 aromatic heterocycles. The van der Waals surface area contributed by atoms with Crippen LogP contribution in [0.3, 0.4) is 0 Å². The van der Waals surface area contributed by atoms with Crippen molar-refractivity contribution in [3.63, 3.8) is 0 Å². The fourth-order valence-electron chi connectivity index (χ4n) is 6.49. The Hall–Kier alpha value is -4.47. The Morgan fingerprint density at radius 1 is 0.792 bits per heavy atom.